The average molecular weight is 377 g/mol. The molecule has 116 valence electrons. The molecule has 0 saturated heterocycles. The van der Waals surface area contributed by atoms with E-state index < -0.39 is 0 Å². The summed E-state index contributed by atoms with van der Waals surface area (Å²) < 4.78 is 10.9. The van der Waals surface area contributed by atoms with Crippen LogP contribution in [0.3, 0.4) is 0 Å². The largest absolute Gasteiger partial charge is 0.497 e. The van der Waals surface area contributed by atoms with Crippen LogP contribution in [0.1, 0.15) is 11.1 Å². The first kappa shape index (κ1) is 17.2. The molecule has 2 aromatic rings. The highest BCUT2D eigenvalue weighted by molar-refractivity contribution is 7.80. The van der Waals surface area contributed by atoms with Crippen molar-refractivity contribution in [3.8, 4) is 11.5 Å². The van der Waals surface area contributed by atoms with Crippen LogP contribution in [-0.4, -0.2) is 12.1 Å². The minimum absolute atomic E-state index is 0.126. The molecular formula is C15H12Cl3NO2S. The average Bonchev–Trinajstić information content (AvgIpc) is 2.50. The van der Waals surface area contributed by atoms with Crippen LogP contribution in [-0.2, 0) is 6.61 Å². The summed E-state index contributed by atoms with van der Waals surface area (Å²) >= 11 is 23.3. The Morgan fingerprint density at radius 2 is 1.82 bits per heavy atom. The van der Waals surface area contributed by atoms with Gasteiger partial charge in [-0.15, -0.1) is 0 Å². The number of ether oxygens (including phenoxy) is 2. The van der Waals surface area contributed by atoms with Gasteiger partial charge >= 0.3 is 0 Å². The van der Waals surface area contributed by atoms with E-state index in [2.05, 4.69) is 0 Å². The summed E-state index contributed by atoms with van der Waals surface area (Å²) in [6.07, 6.45) is 0. The molecule has 0 aromatic heterocycles. The van der Waals surface area contributed by atoms with Gasteiger partial charge in [-0.1, -0.05) is 47.0 Å². The lowest BCUT2D eigenvalue weighted by Crippen LogP contribution is -2.12. The highest BCUT2D eigenvalue weighted by Crippen LogP contribution is 2.33. The molecule has 0 heterocycles. The van der Waals surface area contributed by atoms with E-state index in [1.165, 1.54) is 0 Å². The number of benzene rings is 2. The quantitative estimate of drug-likeness (QED) is 0.597. The van der Waals surface area contributed by atoms with E-state index in [4.69, 9.17) is 62.2 Å². The van der Waals surface area contributed by atoms with Gasteiger partial charge in [-0.25, -0.2) is 0 Å². The van der Waals surface area contributed by atoms with Crippen molar-refractivity contribution in [1.29, 1.82) is 0 Å². The third-order valence-electron chi connectivity index (χ3n) is 2.97. The minimum atomic E-state index is 0.126. The van der Waals surface area contributed by atoms with Gasteiger partial charge < -0.3 is 15.2 Å². The topological polar surface area (TPSA) is 44.5 Å². The molecule has 2 rings (SSSR count). The first-order valence-corrected chi connectivity index (χ1v) is 7.71. The van der Waals surface area contributed by atoms with Crippen molar-refractivity contribution >= 4 is 52.0 Å². The third kappa shape index (κ3) is 3.76. The fourth-order valence-corrected chi connectivity index (χ4v) is 2.63. The van der Waals surface area contributed by atoms with Gasteiger partial charge in [-0.2, -0.15) is 0 Å². The zero-order valence-electron chi connectivity index (χ0n) is 11.5. The molecule has 0 spiro atoms. The monoisotopic (exact) mass is 375 g/mol. The maximum absolute atomic E-state index is 6.15. The number of rotatable bonds is 5. The Morgan fingerprint density at radius 1 is 1.14 bits per heavy atom. The normalized spacial score (nSPS) is 10.4. The first-order chi connectivity index (χ1) is 10.4. The molecule has 0 saturated carbocycles. The maximum Gasteiger partial charge on any atom is 0.133 e. The lowest BCUT2D eigenvalue weighted by molar-refractivity contribution is 0.303. The highest BCUT2D eigenvalue weighted by atomic mass is 35.5. The molecule has 2 N–H and O–H groups in total. The van der Waals surface area contributed by atoms with E-state index in [0.717, 1.165) is 0 Å². The van der Waals surface area contributed by atoms with Gasteiger partial charge in [0.15, 0.2) is 0 Å². The van der Waals surface area contributed by atoms with Crippen molar-refractivity contribution in [3.63, 3.8) is 0 Å². The van der Waals surface area contributed by atoms with Crippen LogP contribution in [0.4, 0.5) is 0 Å². The Bertz CT molecular complexity index is 722. The second-order valence-electron chi connectivity index (χ2n) is 4.34. The van der Waals surface area contributed by atoms with Gasteiger partial charge in [0.1, 0.15) is 23.1 Å². The van der Waals surface area contributed by atoms with E-state index in [1.807, 2.05) is 0 Å². The first-order valence-electron chi connectivity index (χ1n) is 6.17. The van der Waals surface area contributed by atoms with Gasteiger partial charge in [0.25, 0.3) is 0 Å². The molecule has 0 fully saturated rings. The molecule has 0 atom stereocenters. The highest BCUT2D eigenvalue weighted by Gasteiger charge is 2.13. The number of hydrogen-bond acceptors (Lipinski definition) is 3. The Hall–Kier alpha value is -1.20. The molecule has 0 aliphatic carbocycles. The predicted molar refractivity (Wildman–Crippen MR) is 94.7 cm³/mol. The molecule has 22 heavy (non-hydrogen) atoms. The molecule has 7 heteroatoms. The molecule has 0 radical (unpaired) electrons. The van der Waals surface area contributed by atoms with Crippen molar-refractivity contribution in [2.45, 2.75) is 6.61 Å². The summed E-state index contributed by atoms with van der Waals surface area (Å²) in [6.45, 7) is 0.126. The van der Waals surface area contributed by atoms with Gasteiger partial charge in [-0.3, -0.25) is 0 Å². The van der Waals surface area contributed by atoms with Crippen LogP contribution in [0, 0.1) is 0 Å². The SMILES string of the molecule is COc1ccc(C(N)=S)c(OCc2c(Cl)ccc(Cl)c2Cl)c1. The Labute approximate surface area is 148 Å². The molecular weight excluding hydrogens is 365 g/mol. The van der Waals surface area contributed by atoms with Gasteiger partial charge in [-0.05, 0) is 24.3 Å². The van der Waals surface area contributed by atoms with Crippen molar-refractivity contribution in [3.05, 3.63) is 56.5 Å². The Balaban J connectivity index is 2.32. The summed E-state index contributed by atoms with van der Waals surface area (Å²) in [5, 5.41) is 1.23. The number of hydrogen-bond donors (Lipinski definition) is 1. The summed E-state index contributed by atoms with van der Waals surface area (Å²) in [6, 6.07) is 8.47. The summed E-state index contributed by atoms with van der Waals surface area (Å²) in [7, 11) is 1.56. The van der Waals surface area contributed by atoms with Crippen molar-refractivity contribution in [1.82, 2.24) is 0 Å². The van der Waals surface area contributed by atoms with Crippen LogP contribution < -0.4 is 15.2 Å². The van der Waals surface area contributed by atoms with E-state index in [-0.39, 0.29) is 11.6 Å². The van der Waals surface area contributed by atoms with Crippen LogP contribution in [0.25, 0.3) is 0 Å². The Kier molecular flexibility index (Phi) is 5.75. The van der Waals surface area contributed by atoms with Crippen LogP contribution in [0.2, 0.25) is 15.1 Å². The van der Waals surface area contributed by atoms with E-state index in [9.17, 15) is 0 Å². The summed E-state index contributed by atoms with van der Waals surface area (Å²) in [4.78, 5) is 0.223. The summed E-state index contributed by atoms with van der Waals surface area (Å²) in [5.41, 5.74) is 6.89. The smallest absolute Gasteiger partial charge is 0.133 e. The maximum atomic E-state index is 6.15. The molecule has 3 nitrogen and oxygen atoms in total. The molecule has 2 aromatic carbocycles. The number of thiocarbonyl (C=S) groups is 1. The molecule has 0 unspecified atom stereocenters. The second kappa shape index (κ2) is 7.38. The lowest BCUT2D eigenvalue weighted by atomic mass is 10.2. The fourth-order valence-electron chi connectivity index (χ4n) is 1.80. The number of nitrogens with two attached hydrogens (primary N) is 1. The van der Waals surface area contributed by atoms with Crippen molar-refractivity contribution < 1.29 is 9.47 Å². The Morgan fingerprint density at radius 3 is 2.45 bits per heavy atom. The summed E-state index contributed by atoms with van der Waals surface area (Å²) in [5.74, 6) is 1.11. The van der Waals surface area contributed by atoms with Crippen LogP contribution >= 0.6 is 47.0 Å². The number of methoxy groups -OCH3 is 1. The van der Waals surface area contributed by atoms with Crippen LogP contribution in [0.15, 0.2) is 30.3 Å². The van der Waals surface area contributed by atoms with E-state index >= 15 is 0 Å². The third-order valence-corrected chi connectivity index (χ3v) is 4.38. The van der Waals surface area contributed by atoms with Crippen LogP contribution in [0.5, 0.6) is 11.5 Å². The molecule has 0 aliphatic rings. The van der Waals surface area contributed by atoms with Crippen molar-refractivity contribution in [2.75, 3.05) is 7.11 Å². The number of halogens is 3. The van der Waals surface area contributed by atoms with E-state index in [0.29, 0.717) is 37.7 Å². The fraction of sp³-hybridized carbons (Fsp3) is 0.133. The van der Waals surface area contributed by atoms with Crippen molar-refractivity contribution in [2.24, 2.45) is 5.73 Å². The van der Waals surface area contributed by atoms with Gasteiger partial charge in [0.2, 0.25) is 0 Å². The molecule has 0 amide bonds. The predicted octanol–water partition coefficient (Wildman–Crippen LogP) is 4.87. The second-order valence-corrected chi connectivity index (χ2v) is 5.97. The zero-order valence-corrected chi connectivity index (χ0v) is 14.6. The van der Waals surface area contributed by atoms with Gasteiger partial charge in [0, 0.05) is 16.7 Å². The standard InChI is InChI=1S/C15H12Cl3NO2S/c1-20-8-2-3-9(15(19)22)13(6-8)21-7-10-11(16)4-5-12(17)14(10)18/h2-6H,7H2,1H3,(H2,19,22). The molecule has 0 bridgehead atoms. The minimum Gasteiger partial charge on any atom is -0.497 e. The molecule has 0 aliphatic heterocycles. The van der Waals surface area contributed by atoms with E-state index in [1.54, 1.807) is 37.4 Å². The van der Waals surface area contributed by atoms with Gasteiger partial charge in [0.05, 0.1) is 22.7 Å². The zero-order chi connectivity index (χ0) is 16.3. The lowest BCUT2D eigenvalue weighted by Gasteiger charge is -2.14.